The SMILES string of the molecule is Cc1noc(C)c1CCC(=O)NCC1(c2ccc(Cl)cc2)CC1. The van der Waals surface area contributed by atoms with Gasteiger partial charge in [-0.1, -0.05) is 28.9 Å². The van der Waals surface area contributed by atoms with Gasteiger partial charge in [0.25, 0.3) is 0 Å². The average molecular weight is 333 g/mol. The van der Waals surface area contributed by atoms with Gasteiger partial charge < -0.3 is 9.84 Å². The standard InChI is InChI=1S/C18H21ClN2O2/c1-12-16(13(2)23-21-12)7-8-17(22)20-11-18(9-10-18)14-3-5-15(19)6-4-14/h3-6H,7-11H2,1-2H3,(H,20,22). The average Bonchev–Trinajstić information content (AvgIpc) is 3.26. The molecule has 1 aliphatic carbocycles. The Hall–Kier alpha value is -1.81. The van der Waals surface area contributed by atoms with Gasteiger partial charge in [0.15, 0.2) is 0 Å². The van der Waals surface area contributed by atoms with E-state index in [0.717, 1.165) is 34.9 Å². The summed E-state index contributed by atoms with van der Waals surface area (Å²) in [7, 11) is 0. The highest BCUT2D eigenvalue weighted by molar-refractivity contribution is 6.30. The fraction of sp³-hybridized carbons (Fsp3) is 0.444. The molecule has 3 rings (SSSR count). The normalized spacial score (nSPS) is 15.4. The molecule has 1 aliphatic rings. The van der Waals surface area contributed by atoms with Gasteiger partial charge in [-0.2, -0.15) is 0 Å². The van der Waals surface area contributed by atoms with Crippen LogP contribution < -0.4 is 5.32 Å². The van der Waals surface area contributed by atoms with E-state index < -0.39 is 0 Å². The number of hydrogen-bond acceptors (Lipinski definition) is 3. The molecule has 0 atom stereocenters. The molecule has 2 aromatic rings. The van der Waals surface area contributed by atoms with E-state index >= 15 is 0 Å². The van der Waals surface area contributed by atoms with Crippen LogP contribution in [-0.4, -0.2) is 17.6 Å². The zero-order valence-corrected chi connectivity index (χ0v) is 14.2. The third-order valence-electron chi connectivity index (χ3n) is 4.72. The van der Waals surface area contributed by atoms with Gasteiger partial charge in [-0.25, -0.2) is 0 Å². The lowest BCUT2D eigenvalue weighted by molar-refractivity contribution is -0.121. The summed E-state index contributed by atoms with van der Waals surface area (Å²) in [5.41, 5.74) is 3.27. The van der Waals surface area contributed by atoms with Gasteiger partial charge >= 0.3 is 0 Å². The summed E-state index contributed by atoms with van der Waals surface area (Å²) in [5.74, 6) is 0.875. The van der Waals surface area contributed by atoms with Crippen LogP contribution in [-0.2, 0) is 16.6 Å². The summed E-state index contributed by atoms with van der Waals surface area (Å²) >= 11 is 5.94. The maximum Gasteiger partial charge on any atom is 0.220 e. The van der Waals surface area contributed by atoms with Crippen LogP contribution >= 0.6 is 11.6 Å². The lowest BCUT2D eigenvalue weighted by Gasteiger charge is -2.16. The molecule has 1 aromatic carbocycles. The van der Waals surface area contributed by atoms with E-state index in [-0.39, 0.29) is 11.3 Å². The number of nitrogens with zero attached hydrogens (tertiary/aromatic N) is 1. The van der Waals surface area contributed by atoms with Crippen molar-refractivity contribution in [1.82, 2.24) is 10.5 Å². The molecular formula is C18H21ClN2O2. The highest BCUT2D eigenvalue weighted by Crippen LogP contribution is 2.47. The molecular weight excluding hydrogens is 312 g/mol. The summed E-state index contributed by atoms with van der Waals surface area (Å²) in [6.07, 6.45) is 3.35. The van der Waals surface area contributed by atoms with Gasteiger partial charge in [0.1, 0.15) is 5.76 Å². The Morgan fingerprint density at radius 1 is 1.30 bits per heavy atom. The summed E-state index contributed by atoms with van der Waals surface area (Å²) < 4.78 is 5.13. The second-order valence-corrected chi connectivity index (χ2v) is 6.80. The predicted octanol–water partition coefficient (Wildman–Crippen LogP) is 3.73. The molecule has 122 valence electrons. The third-order valence-corrected chi connectivity index (χ3v) is 4.97. The minimum atomic E-state index is 0.0743. The Kier molecular flexibility index (Phi) is 4.44. The molecule has 0 bridgehead atoms. The third kappa shape index (κ3) is 3.58. The summed E-state index contributed by atoms with van der Waals surface area (Å²) in [4.78, 5) is 12.1. The van der Waals surface area contributed by atoms with Gasteiger partial charge in [-0.15, -0.1) is 0 Å². The molecule has 1 N–H and O–H groups in total. The van der Waals surface area contributed by atoms with Crippen molar-refractivity contribution in [2.24, 2.45) is 0 Å². The summed E-state index contributed by atoms with van der Waals surface area (Å²) in [6.45, 7) is 4.48. The molecule has 1 saturated carbocycles. The Morgan fingerprint density at radius 2 is 2.00 bits per heavy atom. The van der Waals surface area contributed by atoms with E-state index in [1.54, 1.807) is 0 Å². The van der Waals surface area contributed by atoms with Crippen molar-refractivity contribution >= 4 is 17.5 Å². The van der Waals surface area contributed by atoms with Crippen molar-refractivity contribution in [3.05, 3.63) is 51.9 Å². The van der Waals surface area contributed by atoms with Crippen molar-refractivity contribution < 1.29 is 9.32 Å². The molecule has 23 heavy (non-hydrogen) atoms. The number of rotatable bonds is 6. The number of carbonyl (C=O) groups is 1. The van der Waals surface area contributed by atoms with Crippen molar-refractivity contribution in [2.75, 3.05) is 6.54 Å². The molecule has 0 saturated heterocycles. The van der Waals surface area contributed by atoms with Gasteiger partial charge in [-0.05, 0) is 50.8 Å². The van der Waals surface area contributed by atoms with E-state index in [0.29, 0.717) is 19.4 Å². The number of carbonyl (C=O) groups excluding carboxylic acids is 1. The summed E-state index contributed by atoms with van der Waals surface area (Å²) in [6, 6.07) is 7.95. The molecule has 1 aromatic heterocycles. The number of nitrogens with one attached hydrogen (secondary N) is 1. The summed E-state index contributed by atoms with van der Waals surface area (Å²) in [5, 5.41) is 7.74. The molecule has 4 nitrogen and oxygen atoms in total. The van der Waals surface area contributed by atoms with Crippen molar-refractivity contribution in [3.8, 4) is 0 Å². The topological polar surface area (TPSA) is 55.1 Å². The van der Waals surface area contributed by atoms with Crippen LogP contribution in [0.2, 0.25) is 5.02 Å². The van der Waals surface area contributed by atoms with Crippen LogP contribution in [0.5, 0.6) is 0 Å². The van der Waals surface area contributed by atoms with E-state index in [2.05, 4.69) is 22.6 Å². The van der Waals surface area contributed by atoms with Crippen LogP contribution in [0, 0.1) is 13.8 Å². The first-order chi connectivity index (χ1) is 11.0. The first kappa shape index (κ1) is 16.1. The fourth-order valence-electron chi connectivity index (χ4n) is 2.98. The Morgan fingerprint density at radius 3 is 2.57 bits per heavy atom. The lowest BCUT2D eigenvalue weighted by atomic mass is 9.96. The maximum absolute atomic E-state index is 12.1. The minimum Gasteiger partial charge on any atom is -0.361 e. The molecule has 5 heteroatoms. The van der Waals surface area contributed by atoms with Gasteiger partial charge in [0.05, 0.1) is 5.69 Å². The number of benzene rings is 1. The minimum absolute atomic E-state index is 0.0743. The zero-order valence-electron chi connectivity index (χ0n) is 13.5. The zero-order chi connectivity index (χ0) is 16.4. The van der Waals surface area contributed by atoms with Crippen molar-refractivity contribution in [2.45, 2.75) is 44.9 Å². The second-order valence-electron chi connectivity index (χ2n) is 6.37. The molecule has 1 amide bonds. The monoisotopic (exact) mass is 332 g/mol. The number of amides is 1. The smallest absolute Gasteiger partial charge is 0.220 e. The number of hydrogen-bond donors (Lipinski definition) is 1. The maximum atomic E-state index is 12.1. The highest BCUT2D eigenvalue weighted by atomic mass is 35.5. The van der Waals surface area contributed by atoms with Gasteiger partial charge in [0.2, 0.25) is 5.91 Å². The Labute approximate surface area is 141 Å². The Bertz CT molecular complexity index is 683. The quantitative estimate of drug-likeness (QED) is 0.877. The molecule has 0 unspecified atom stereocenters. The van der Waals surface area contributed by atoms with Crippen molar-refractivity contribution in [3.63, 3.8) is 0 Å². The predicted molar refractivity (Wildman–Crippen MR) is 89.7 cm³/mol. The largest absolute Gasteiger partial charge is 0.361 e. The molecule has 0 spiro atoms. The lowest BCUT2D eigenvalue weighted by Crippen LogP contribution is -2.32. The fourth-order valence-corrected chi connectivity index (χ4v) is 3.10. The van der Waals surface area contributed by atoms with E-state index in [4.69, 9.17) is 16.1 Å². The highest BCUT2D eigenvalue weighted by Gasteiger charge is 2.44. The van der Waals surface area contributed by atoms with Crippen molar-refractivity contribution in [1.29, 1.82) is 0 Å². The van der Waals surface area contributed by atoms with Crippen LogP contribution in [0.15, 0.2) is 28.8 Å². The first-order valence-electron chi connectivity index (χ1n) is 7.95. The van der Waals surface area contributed by atoms with Crippen LogP contribution in [0.4, 0.5) is 0 Å². The number of aryl methyl sites for hydroxylation is 2. The first-order valence-corrected chi connectivity index (χ1v) is 8.32. The van der Waals surface area contributed by atoms with Gasteiger partial charge in [0, 0.05) is 29.0 Å². The van der Waals surface area contributed by atoms with Crippen LogP contribution in [0.25, 0.3) is 0 Å². The number of aromatic nitrogens is 1. The van der Waals surface area contributed by atoms with E-state index in [9.17, 15) is 4.79 Å². The molecule has 0 aliphatic heterocycles. The van der Waals surface area contributed by atoms with E-state index in [1.165, 1.54) is 5.56 Å². The molecule has 0 radical (unpaired) electrons. The number of halogens is 1. The Balaban J connectivity index is 1.52. The van der Waals surface area contributed by atoms with Crippen LogP contribution in [0.1, 0.15) is 41.8 Å². The van der Waals surface area contributed by atoms with Gasteiger partial charge in [-0.3, -0.25) is 4.79 Å². The second kappa shape index (κ2) is 6.36. The molecule has 1 heterocycles. The molecule has 1 fully saturated rings. The van der Waals surface area contributed by atoms with Crippen LogP contribution in [0.3, 0.4) is 0 Å². The van der Waals surface area contributed by atoms with E-state index in [1.807, 2.05) is 26.0 Å².